The number of hydrogen-bond donors (Lipinski definition) is 3. The van der Waals surface area contributed by atoms with E-state index >= 15 is 0 Å². The number of aromatic amines is 1. The summed E-state index contributed by atoms with van der Waals surface area (Å²) in [5.74, 6) is 0.218. The predicted molar refractivity (Wildman–Crippen MR) is 78.3 cm³/mol. The van der Waals surface area contributed by atoms with Gasteiger partial charge >= 0.3 is 12.2 Å². The van der Waals surface area contributed by atoms with E-state index in [0.29, 0.717) is 0 Å². The molecule has 1 aromatic rings. The second-order valence-electron chi connectivity index (χ2n) is 6.41. The molecule has 0 aromatic carbocycles. The number of H-pyrrole nitrogens is 1. The fourth-order valence-corrected chi connectivity index (χ4v) is 1.30. The van der Waals surface area contributed by atoms with Crippen molar-refractivity contribution in [2.24, 2.45) is 0 Å². The molecule has 1 heterocycles. The Kier molecular flexibility index (Phi) is 4.82. The molecular formula is C13H22N4O4. The van der Waals surface area contributed by atoms with Crippen molar-refractivity contribution >= 4 is 23.7 Å². The maximum Gasteiger partial charge on any atom is 0.413 e. The highest BCUT2D eigenvalue weighted by molar-refractivity contribution is 5.93. The second-order valence-corrected chi connectivity index (χ2v) is 6.41. The van der Waals surface area contributed by atoms with Crippen molar-refractivity contribution in [2.45, 2.75) is 52.7 Å². The third kappa shape index (κ3) is 6.64. The van der Waals surface area contributed by atoms with Crippen molar-refractivity contribution in [1.29, 1.82) is 0 Å². The molecule has 0 aliphatic carbocycles. The van der Waals surface area contributed by atoms with Gasteiger partial charge in [-0.15, -0.1) is 0 Å². The van der Waals surface area contributed by atoms with Gasteiger partial charge in [0, 0.05) is 0 Å². The molecule has 0 atom stereocenters. The first-order valence-electron chi connectivity index (χ1n) is 6.50. The Hall–Kier alpha value is -2.25. The average molecular weight is 298 g/mol. The van der Waals surface area contributed by atoms with Crippen LogP contribution in [0.5, 0.6) is 0 Å². The molecule has 0 radical (unpaired) electrons. The molecule has 0 aliphatic heterocycles. The number of carbonyl (C=O) groups is 2. The van der Waals surface area contributed by atoms with Gasteiger partial charge in [-0.2, -0.15) is 5.10 Å². The van der Waals surface area contributed by atoms with E-state index in [-0.39, 0.29) is 11.5 Å². The summed E-state index contributed by atoms with van der Waals surface area (Å²) < 4.78 is 10.2. The van der Waals surface area contributed by atoms with Gasteiger partial charge in [0.05, 0.1) is 6.20 Å². The molecule has 2 amide bonds. The van der Waals surface area contributed by atoms with Crippen LogP contribution >= 0.6 is 0 Å². The average Bonchev–Trinajstić information content (AvgIpc) is 2.59. The van der Waals surface area contributed by atoms with Crippen LogP contribution in [0.1, 0.15) is 41.5 Å². The van der Waals surface area contributed by atoms with E-state index in [1.807, 2.05) is 0 Å². The largest absolute Gasteiger partial charge is 0.444 e. The zero-order chi connectivity index (χ0) is 16.3. The van der Waals surface area contributed by atoms with Gasteiger partial charge in [0.15, 0.2) is 5.82 Å². The van der Waals surface area contributed by atoms with Gasteiger partial charge < -0.3 is 9.47 Å². The Morgan fingerprint density at radius 3 is 1.95 bits per heavy atom. The molecule has 0 saturated carbocycles. The van der Waals surface area contributed by atoms with Crippen molar-refractivity contribution in [3.8, 4) is 0 Å². The zero-order valence-electron chi connectivity index (χ0n) is 13.2. The molecular weight excluding hydrogens is 276 g/mol. The van der Waals surface area contributed by atoms with Gasteiger partial charge in [0.1, 0.15) is 16.9 Å². The minimum absolute atomic E-state index is 0.218. The molecule has 118 valence electrons. The highest BCUT2D eigenvalue weighted by Gasteiger charge is 2.20. The summed E-state index contributed by atoms with van der Waals surface area (Å²) in [4.78, 5) is 23.3. The summed E-state index contributed by atoms with van der Waals surface area (Å²) in [6.07, 6.45) is 0.0616. The summed E-state index contributed by atoms with van der Waals surface area (Å²) in [6, 6.07) is 0. The van der Waals surface area contributed by atoms with Crippen molar-refractivity contribution in [1.82, 2.24) is 10.2 Å². The van der Waals surface area contributed by atoms with E-state index in [1.165, 1.54) is 6.20 Å². The van der Waals surface area contributed by atoms with Crippen molar-refractivity contribution in [3.63, 3.8) is 0 Å². The Labute approximate surface area is 123 Å². The number of carbonyl (C=O) groups excluding carboxylic acids is 2. The number of hydrogen-bond acceptors (Lipinski definition) is 5. The second kappa shape index (κ2) is 6.02. The monoisotopic (exact) mass is 298 g/mol. The number of amides is 2. The number of ether oxygens (including phenoxy) is 2. The molecule has 0 fully saturated rings. The molecule has 1 aromatic heterocycles. The van der Waals surface area contributed by atoms with Gasteiger partial charge in [-0.1, -0.05) is 0 Å². The van der Waals surface area contributed by atoms with Gasteiger partial charge in [-0.25, -0.2) is 9.59 Å². The van der Waals surface area contributed by atoms with E-state index in [4.69, 9.17) is 9.47 Å². The Bertz CT molecular complexity index is 466. The maximum atomic E-state index is 11.7. The number of nitrogens with zero attached hydrogens (tertiary/aromatic N) is 1. The lowest BCUT2D eigenvalue weighted by molar-refractivity contribution is 0.0620. The lowest BCUT2D eigenvalue weighted by Gasteiger charge is -2.20. The van der Waals surface area contributed by atoms with Gasteiger partial charge in [0.25, 0.3) is 0 Å². The minimum Gasteiger partial charge on any atom is -0.444 e. The molecule has 0 unspecified atom stereocenters. The topological polar surface area (TPSA) is 105 Å². The molecule has 21 heavy (non-hydrogen) atoms. The van der Waals surface area contributed by atoms with Gasteiger partial charge in [-0.3, -0.25) is 15.7 Å². The molecule has 1 rings (SSSR count). The van der Waals surface area contributed by atoms with Crippen molar-refractivity contribution in [3.05, 3.63) is 6.20 Å². The number of nitrogens with one attached hydrogen (secondary N) is 3. The van der Waals surface area contributed by atoms with Crippen molar-refractivity contribution < 1.29 is 19.1 Å². The first kappa shape index (κ1) is 16.8. The fourth-order valence-electron chi connectivity index (χ4n) is 1.30. The van der Waals surface area contributed by atoms with E-state index in [9.17, 15) is 9.59 Å². The third-order valence-electron chi connectivity index (χ3n) is 1.90. The number of rotatable bonds is 2. The van der Waals surface area contributed by atoms with Crippen LogP contribution in [-0.4, -0.2) is 33.6 Å². The number of anilines is 2. The Morgan fingerprint density at radius 2 is 1.48 bits per heavy atom. The highest BCUT2D eigenvalue weighted by Crippen LogP contribution is 2.20. The molecule has 0 saturated heterocycles. The summed E-state index contributed by atoms with van der Waals surface area (Å²) in [6.45, 7) is 10.5. The van der Waals surface area contributed by atoms with E-state index < -0.39 is 23.4 Å². The SMILES string of the molecule is CC(C)(C)OC(=O)Nc1cn[nH]c1NC(=O)OC(C)(C)C. The molecule has 8 heteroatoms. The summed E-state index contributed by atoms with van der Waals surface area (Å²) >= 11 is 0. The highest BCUT2D eigenvalue weighted by atomic mass is 16.6. The lowest BCUT2D eigenvalue weighted by atomic mass is 10.2. The first-order chi connectivity index (χ1) is 9.46. The van der Waals surface area contributed by atoms with Crippen LogP contribution in [0, 0.1) is 0 Å². The normalized spacial score (nSPS) is 11.7. The van der Waals surface area contributed by atoms with Gasteiger partial charge in [0.2, 0.25) is 0 Å². The molecule has 0 aliphatic rings. The van der Waals surface area contributed by atoms with Crippen LogP contribution in [0.4, 0.5) is 21.1 Å². The van der Waals surface area contributed by atoms with Crippen LogP contribution in [0.15, 0.2) is 6.20 Å². The lowest BCUT2D eigenvalue weighted by Crippen LogP contribution is -2.29. The smallest absolute Gasteiger partial charge is 0.413 e. The quantitative estimate of drug-likeness (QED) is 0.778. The van der Waals surface area contributed by atoms with Crippen LogP contribution in [0.3, 0.4) is 0 Å². The van der Waals surface area contributed by atoms with E-state index in [1.54, 1.807) is 41.5 Å². The van der Waals surface area contributed by atoms with Crippen LogP contribution in [-0.2, 0) is 9.47 Å². The molecule has 3 N–H and O–H groups in total. The Balaban J connectivity index is 2.66. The molecule has 0 bridgehead atoms. The van der Waals surface area contributed by atoms with E-state index in [2.05, 4.69) is 20.8 Å². The third-order valence-corrected chi connectivity index (χ3v) is 1.90. The number of aromatic nitrogens is 2. The zero-order valence-corrected chi connectivity index (χ0v) is 13.2. The van der Waals surface area contributed by atoms with Crippen LogP contribution < -0.4 is 10.6 Å². The molecule has 0 spiro atoms. The standard InChI is InChI=1S/C13H22N4O4/c1-12(2,3)20-10(18)15-8-7-14-17-9(8)16-11(19)21-13(4,5)6/h7H,1-6H3,(H,15,18)(H2,14,16,17,19). The minimum atomic E-state index is -0.654. The Morgan fingerprint density at radius 1 is 1.00 bits per heavy atom. The summed E-state index contributed by atoms with van der Waals surface area (Å²) in [7, 11) is 0. The predicted octanol–water partition coefficient (Wildman–Crippen LogP) is 3.10. The molecule has 8 nitrogen and oxygen atoms in total. The van der Waals surface area contributed by atoms with Crippen LogP contribution in [0.2, 0.25) is 0 Å². The first-order valence-corrected chi connectivity index (χ1v) is 6.50. The maximum absolute atomic E-state index is 11.7. The van der Waals surface area contributed by atoms with Crippen molar-refractivity contribution in [2.75, 3.05) is 10.6 Å². The van der Waals surface area contributed by atoms with E-state index in [0.717, 1.165) is 0 Å². The summed E-state index contributed by atoms with van der Waals surface area (Å²) in [5.41, 5.74) is -0.953. The van der Waals surface area contributed by atoms with Crippen LogP contribution in [0.25, 0.3) is 0 Å². The van der Waals surface area contributed by atoms with Gasteiger partial charge in [-0.05, 0) is 41.5 Å². The summed E-state index contributed by atoms with van der Waals surface area (Å²) in [5, 5.41) is 11.3. The fraction of sp³-hybridized carbons (Fsp3) is 0.615.